The molecule has 5 nitrogen and oxygen atoms in total. The van der Waals surface area contributed by atoms with Crippen LogP contribution in [0.2, 0.25) is 5.02 Å². The van der Waals surface area contributed by atoms with E-state index in [4.69, 9.17) is 11.6 Å². The zero-order valence-electron chi connectivity index (χ0n) is 14.5. The van der Waals surface area contributed by atoms with Gasteiger partial charge in [-0.3, -0.25) is 4.79 Å². The second-order valence-electron chi connectivity index (χ2n) is 6.37. The van der Waals surface area contributed by atoms with E-state index in [2.05, 4.69) is 6.92 Å². The molecular weight excluding hydrogens is 367 g/mol. The Morgan fingerprint density at radius 3 is 2.56 bits per heavy atom. The highest BCUT2D eigenvalue weighted by atomic mass is 35.5. The second kappa shape index (κ2) is 8.47. The molecule has 8 heteroatoms. The molecule has 1 fully saturated rings. The summed E-state index contributed by atoms with van der Waals surface area (Å²) in [5.41, 5.74) is 0. The molecule has 1 saturated heterocycles. The number of piperidine rings is 1. The van der Waals surface area contributed by atoms with Crippen LogP contribution in [0.5, 0.6) is 0 Å². The van der Waals surface area contributed by atoms with Crippen LogP contribution in [-0.2, 0) is 14.8 Å². The van der Waals surface area contributed by atoms with Crippen LogP contribution in [0.3, 0.4) is 0 Å². The number of halogens is 2. The van der Waals surface area contributed by atoms with E-state index in [9.17, 15) is 17.6 Å². The molecule has 0 bridgehead atoms. The summed E-state index contributed by atoms with van der Waals surface area (Å²) >= 11 is 5.69. The predicted octanol–water partition coefficient (Wildman–Crippen LogP) is 3.14. The van der Waals surface area contributed by atoms with Gasteiger partial charge in [0.15, 0.2) is 0 Å². The number of unbranched alkanes of at least 4 members (excludes halogenated alkanes) is 1. The van der Waals surface area contributed by atoms with E-state index in [1.165, 1.54) is 10.4 Å². The zero-order valence-corrected chi connectivity index (χ0v) is 16.1. The molecule has 1 aromatic carbocycles. The van der Waals surface area contributed by atoms with Gasteiger partial charge in [0.05, 0.1) is 9.92 Å². The Morgan fingerprint density at radius 2 is 2.00 bits per heavy atom. The molecule has 1 aromatic rings. The van der Waals surface area contributed by atoms with Gasteiger partial charge in [0.25, 0.3) is 0 Å². The van der Waals surface area contributed by atoms with Crippen LogP contribution in [0.25, 0.3) is 0 Å². The fraction of sp³-hybridized carbons (Fsp3) is 0.588. The second-order valence-corrected chi connectivity index (χ2v) is 8.71. The van der Waals surface area contributed by atoms with Gasteiger partial charge in [0.2, 0.25) is 15.9 Å². The lowest BCUT2D eigenvalue weighted by atomic mass is 9.96. The molecule has 1 amide bonds. The van der Waals surface area contributed by atoms with Gasteiger partial charge < -0.3 is 4.90 Å². The summed E-state index contributed by atoms with van der Waals surface area (Å²) in [5, 5.41) is -0.219. The van der Waals surface area contributed by atoms with E-state index < -0.39 is 15.8 Å². The lowest BCUT2D eigenvalue weighted by molar-refractivity contribution is -0.135. The van der Waals surface area contributed by atoms with Gasteiger partial charge in [-0.05, 0) is 37.5 Å². The van der Waals surface area contributed by atoms with Crippen LogP contribution in [0.15, 0.2) is 23.1 Å². The van der Waals surface area contributed by atoms with Crippen molar-refractivity contribution in [2.75, 3.05) is 26.7 Å². The van der Waals surface area contributed by atoms with Crippen LogP contribution >= 0.6 is 11.6 Å². The highest BCUT2D eigenvalue weighted by Crippen LogP contribution is 2.27. The smallest absolute Gasteiger partial charge is 0.243 e. The van der Waals surface area contributed by atoms with Gasteiger partial charge in [0, 0.05) is 32.6 Å². The molecule has 0 spiro atoms. The molecule has 0 saturated carbocycles. The summed E-state index contributed by atoms with van der Waals surface area (Å²) in [4.78, 5) is 14.1. The third-order valence-electron chi connectivity index (χ3n) is 4.56. The quantitative estimate of drug-likeness (QED) is 0.749. The summed E-state index contributed by atoms with van der Waals surface area (Å²) in [5.74, 6) is -0.722. The molecule has 0 unspecified atom stereocenters. The van der Waals surface area contributed by atoms with Crippen molar-refractivity contribution in [3.05, 3.63) is 29.0 Å². The topological polar surface area (TPSA) is 57.7 Å². The highest BCUT2D eigenvalue weighted by Gasteiger charge is 2.33. The molecular formula is C17H24ClFN2O3S. The number of nitrogens with zero attached hydrogens (tertiary/aromatic N) is 2. The molecule has 1 aliphatic heterocycles. The molecule has 0 radical (unpaired) electrons. The number of rotatable bonds is 6. The van der Waals surface area contributed by atoms with Crippen molar-refractivity contribution in [1.29, 1.82) is 0 Å². The van der Waals surface area contributed by atoms with Crippen molar-refractivity contribution in [3.63, 3.8) is 0 Å². The highest BCUT2D eigenvalue weighted by molar-refractivity contribution is 7.89. The number of benzene rings is 1. The van der Waals surface area contributed by atoms with Crippen molar-refractivity contribution in [1.82, 2.24) is 9.21 Å². The van der Waals surface area contributed by atoms with Crippen LogP contribution in [0.1, 0.15) is 32.6 Å². The van der Waals surface area contributed by atoms with Crippen LogP contribution in [-0.4, -0.2) is 50.2 Å². The SMILES string of the molecule is CCCCN(C)C(=O)C1CCN(S(=O)(=O)c2ccc(F)c(Cl)c2)CC1. The molecule has 2 rings (SSSR count). The Morgan fingerprint density at radius 1 is 1.36 bits per heavy atom. The summed E-state index contributed by atoms with van der Waals surface area (Å²) in [6, 6.07) is 3.39. The molecule has 1 heterocycles. The van der Waals surface area contributed by atoms with Crippen molar-refractivity contribution in [3.8, 4) is 0 Å². The minimum absolute atomic E-state index is 0.0243. The lowest BCUT2D eigenvalue weighted by Gasteiger charge is -2.32. The Bertz CT molecular complexity index is 719. The summed E-state index contributed by atoms with van der Waals surface area (Å²) in [6.45, 7) is 3.34. The summed E-state index contributed by atoms with van der Waals surface area (Å²) in [6.07, 6.45) is 2.96. The zero-order chi connectivity index (χ0) is 18.6. The number of carbonyl (C=O) groups excluding carboxylic acids is 1. The molecule has 140 valence electrons. The van der Waals surface area contributed by atoms with Crippen molar-refractivity contribution in [2.45, 2.75) is 37.5 Å². The van der Waals surface area contributed by atoms with Gasteiger partial charge in [-0.15, -0.1) is 0 Å². The standard InChI is InChI=1S/C17H24ClFN2O3S/c1-3-4-9-20(2)17(22)13-7-10-21(11-8-13)25(23,24)14-5-6-16(19)15(18)12-14/h5-6,12-13H,3-4,7-11H2,1-2H3. The van der Waals surface area contributed by atoms with Crippen LogP contribution < -0.4 is 0 Å². The average Bonchev–Trinajstić information content (AvgIpc) is 2.61. The first-order valence-corrected chi connectivity index (χ1v) is 10.3. The van der Waals surface area contributed by atoms with Crippen molar-refractivity contribution in [2.24, 2.45) is 5.92 Å². The lowest BCUT2D eigenvalue weighted by Crippen LogP contribution is -2.43. The van der Waals surface area contributed by atoms with Crippen molar-refractivity contribution < 1.29 is 17.6 Å². The van der Waals surface area contributed by atoms with Gasteiger partial charge in [-0.1, -0.05) is 24.9 Å². The molecule has 0 N–H and O–H groups in total. The molecule has 0 aliphatic carbocycles. The van der Waals surface area contributed by atoms with Crippen molar-refractivity contribution >= 4 is 27.5 Å². The number of hydrogen-bond acceptors (Lipinski definition) is 3. The van der Waals surface area contributed by atoms with Gasteiger partial charge in [-0.25, -0.2) is 12.8 Å². The van der Waals surface area contributed by atoms with E-state index in [1.807, 2.05) is 0 Å². The Balaban J connectivity index is 2.01. The van der Waals surface area contributed by atoms with Gasteiger partial charge in [-0.2, -0.15) is 4.31 Å². The van der Waals surface area contributed by atoms with Gasteiger partial charge in [0.1, 0.15) is 5.82 Å². The average molecular weight is 391 g/mol. The molecule has 25 heavy (non-hydrogen) atoms. The maximum atomic E-state index is 13.3. The number of sulfonamides is 1. The minimum atomic E-state index is -3.73. The Kier molecular flexibility index (Phi) is 6.82. The summed E-state index contributed by atoms with van der Waals surface area (Å²) in [7, 11) is -1.93. The Labute approximate surface area is 153 Å². The Hall–Kier alpha value is -1.18. The van der Waals surface area contributed by atoms with E-state index in [0.717, 1.165) is 31.5 Å². The van der Waals surface area contributed by atoms with E-state index in [0.29, 0.717) is 12.8 Å². The largest absolute Gasteiger partial charge is 0.346 e. The first-order valence-electron chi connectivity index (χ1n) is 8.47. The van der Waals surface area contributed by atoms with E-state index in [1.54, 1.807) is 11.9 Å². The maximum absolute atomic E-state index is 13.3. The molecule has 1 aliphatic rings. The number of amides is 1. The number of carbonyl (C=O) groups is 1. The minimum Gasteiger partial charge on any atom is -0.346 e. The third-order valence-corrected chi connectivity index (χ3v) is 6.74. The molecule has 0 aromatic heterocycles. The normalized spacial score (nSPS) is 16.8. The number of hydrogen-bond donors (Lipinski definition) is 0. The van der Waals surface area contributed by atoms with Crippen LogP contribution in [0, 0.1) is 11.7 Å². The maximum Gasteiger partial charge on any atom is 0.243 e. The monoisotopic (exact) mass is 390 g/mol. The van der Waals surface area contributed by atoms with Crippen LogP contribution in [0.4, 0.5) is 4.39 Å². The van der Waals surface area contributed by atoms with E-state index >= 15 is 0 Å². The predicted molar refractivity (Wildman–Crippen MR) is 95.4 cm³/mol. The summed E-state index contributed by atoms with van der Waals surface area (Å²) < 4.78 is 39.9. The van der Waals surface area contributed by atoms with Gasteiger partial charge >= 0.3 is 0 Å². The molecule has 0 atom stereocenters. The van der Waals surface area contributed by atoms with E-state index in [-0.39, 0.29) is 34.8 Å². The fourth-order valence-corrected chi connectivity index (χ4v) is 4.69. The first-order chi connectivity index (χ1) is 11.8. The first kappa shape index (κ1) is 20.1. The third kappa shape index (κ3) is 4.71. The fourth-order valence-electron chi connectivity index (χ4n) is 2.95.